The van der Waals surface area contributed by atoms with Crippen LogP contribution in [0.1, 0.15) is 37.0 Å². The summed E-state index contributed by atoms with van der Waals surface area (Å²) in [6, 6.07) is 4.75. The van der Waals surface area contributed by atoms with E-state index < -0.39 is 0 Å². The normalized spacial score (nSPS) is 10.6. The maximum atomic E-state index is 11.6. The summed E-state index contributed by atoms with van der Waals surface area (Å²) in [5.74, 6) is 0.275. The SMILES string of the molecule is CC(C)CCCOC(=O)c1ccc(Cl)c(N)c1. The van der Waals surface area contributed by atoms with Crippen molar-refractivity contribution in [3.05, 3.63) is 28.8 Å². The van der Waals surface area contributed by atoms with Gasteiger partial charge in [-0.15, -0.1) is 0 Å². The van der Waals surface area contributed by atoms with Crippen LogP contribution >= 0.6 is 11.6 Å². The standard InChI is InChI=1S/C13H18ClNO2/c1-9(2)4-3-7-17-13(16)10-5-6-11(14)12(15)8-10/h5-6,8-9H,3-4,7,15H2,1-2H3. The second kappa shape index (κ2) is 6.50. The number of hydrogen-bond donors (Lipinski definition) is 1. The molecule has 0 fully saturated rings. The lowest BCUT2D eigenvalue weighted by atomic mass is 10.1. The lowest BCUT2D eigenvalue weighted by Crippen LogP contribution is -2.07. The van der Waals surface area contributed by atoms with Crippen molar-refractivity contribution in [1.82, 2.24) is 0 Å². The van der Waals surface area contributed by atoms with Gasteiger partial charge in [0.05, 0.1) is 22.9 Å². The van der Waals surface area contributed by atoms with Crippen LogP contribution in [0.4, 0.5) is 5.69 Å². The van der Waals surface area contributed by atoms with E-state index in [1.807, 2.05) is 0 Å². The molecule has 3 nitrogen and oxygen atoms in total. The van der Waals surface area contributed by atoms with Gasteiger partial charge >= 0.3 is 5.97 Å². The average molecular weight is 256 g/mol. The summed E-state index contributed by atoms with van der Waals surface area (Å²) >= 11 is 5.77. The van der Waals surface area contributed by atoms with Crippen molar-refractivity contribution < 1.29 is 9.53 Å². The predicted octanol–water partition coefficient (Wildman–Crippen LogP) is 3.52. The zero-order valence-corrected chi connectivity index (χ0v) is 11.0. The Morgan fingerprint density at radius 3 is 2.76 bits per heavy atom. The van der Waals surface area contributed by atoms with Crippen molar-refractivity contribution in [3.63, 3.8) is 0 Å². The second-order valence-corrected chi connectivity index (χ2v) is 4.82. The number of benzene rings is 1. The first-order chi connectivity index (χ1) is 8.00. The maximum absolute atomic E-state index is 11.6. The minimum absolute atomic E-state index is 0.350. The molecular formula is C13H18ClNO2. The Morgan fingerprint density at radius 2 is 2.18 bits per heavy atom. The maximum Gasteiger partial charge on any atom is 0.338 e. The number of esters is 1. The fourth-order valence-corrected chi connectivity index (χ4v) is 1.53. The van der Waals surface area contributed by atoms with Gasteiger partial charge < -0.3 is 10.5 Å². The molecule has 0 aliphatic rings. The molecule has 0 atom stereocenters. The van der Waals surface area contributed by atoms with Gasteiger partial charge in [-0.2, -0.15) is 0 Å². The van der Waals surface area contributed by atoms with Crippen LogP contribution < -0.4 is 5.73 Å². The van der Waals surface area contributed by atoms with E-state index in [0.717, 1.165) is 12.8 Å². The highest BCUT2D eigenvalue weighted by Gasteiger charge is 2.08. The van der Waals surface area contributed by atoms with Gasteiger partial charge in [-0.05, 0) is 37.0 Å². The van der Waals surface area contributed by atoms with Gasteiger partial charge in [0.15, 0.2) is 0 Å². The highest BCUT2D eigenvalue weighted by molar-refractivity contribution is 6.33. The summed E-state index contributed by atoms with van der Waals surface area (Å²) in [6.07, 6.45) is 1.93. The first-order valence-corrected chi connectivity index (χ1v) is 6.10. The molecular weight excluding hydrogens is 238 g/mol. The Kier molecular flexibility index (Phi) is 5.29. The molecule has 94 valence electrons. The minimum Gasteiger partial charge on any atom is -0.462 e. The number of hydrogen-bond acceptors (Lipinski definition) is 3. The number of carbonyl (C=O) groups is 1. The van der Waals surface area contributed by atoms with Crippen LogP contribution in [0.15, 0.2) is 18.2 Å². The molecule has 0 unspecified atom stereocenters. The van der Waals surface area contributed by atoms with E-state index in [2.05, 4.69) is 13.8 Å². The third-order valence-electron chi connectivity index (χ3n) is 2.39. The topological polar surface area (TPSA) is 52.3 Å². The number of ether oxygens (including phenoxy) is 1. The summed E-state index contributed by atoms with van der Waals surface area (Å²) < 4.78 is 5.14. The van der Waals surface area contributed by atoms with Gasteiger partial charge in [-0.25, -0.2) is 4.79 Å². The number of carbonyl (C=O) groups excluding carboxylic acids is 1. The van der Waals surface area contributed by atoms with Gasteiger partial charge in [0.1, 0.15) is 0 Å². The zero-order valence-electron chi connectivity index (χ0n) is 10.2. The number of nitrogen functional groups attached to an aromatic ring is 1. The van der Waals surface area contributed by atoms with E-state index in [1.54, 1.807) is 12.1 Å². The van der Waals surface area contributed by atoms with E-state index in [1.165, 1.54) is 6.07 Å². The van der Waals surface area contributed by atoms with Crippen LogP contribution in [-0.2, 0) is 4.74 Å². The van der Waals surface area contributed by atoms with Gasteiger partial charge in [-0.3, -0.25) is 0 Å². The van der Waals surface area contributed by atoms with E-state index in [-0.39, 0.29) is 5.97 Å². The van der Waals surface area contributed by atoms with Crippen molar-refractivity contribution >= 4 is 23.3 Å². The number of nitrogens with two attached hydrogens (primary N) is 1. The van der Waals surface area contributed by atoms with E-state index >= 15 is 0 Å². The van der Waals surface area contributed by atoms with Crippen molar-refractivity contribution in [1.29, 1.82) is 0 Å². The van der Waals surface area contributed by atoms with Crippen LogP contribution in [0, 0.1) is 5.92 Å². The van der Waals surface area contributed by atoms with Crippen LogP contribution in [0.5, 0.6) is 0 Å². The molecule has 0 heterocycles. The molecule has 0 amide bonds. The fourth-order valence-electron chi connectivity index (χ4n) is 1.41. The molecule has 17 heavy (non-hydrogen) atoms. The van der Waals surface area contributed by atoms with Crippen LogP contribution in [0.2, 0.25) is 5.02 Å². The largest absolute Gasteiger partial charge is 0.462 e. The van der Waals surface area contributed by atoms with Crippen LogP contribution in [0.3, 0.4) is 0 Å². The fraction of sp³-hybridized carbons (Fsp3) is 0.462. The smallest absolute Gasteiger partial charge is 0.338 e. The summed E-state index contributed by atoms with van der Waals surface area (Å²) in [4.78, 5) is 11.6. The first-order valence-electron chi connectivity index (χ1n) is 5.73. The highest BCUT2D eigenvalue weighted by Crippen LogP contribution is 2.20. The van der Waals surface area contributed by atoms with Gasteiger partial charge in [0.2, 0.25) is 0 Å². The number of rotatable bonds is 5. The second-order valence-electron chi connectivity index (χ2n) is 4.41. The van der Waals surface area contributed by atoms with Gasteiger partial charge in [-0.1, -0.05) is 25.4 Å². The molecule has 0 saturated heterocycles. The highest BCUT2D eigenvalue weighted by atomic mass is 35.5. The molecule has 0 radical (unpaired) electrons. The van der Waals surface area contributed by atoms with Crippen LogP contribution in [0.25, 0.3) is 0 Å². The van der Waals surface area contributed by atoms with Crippen molar-refractivity contribution in [2.45, 2.75) is 26.7 Å². The Labute approximate surface area is 107 Å². The third kappa shape index (κ3) is 4.65. The molecule has 0 aliphatic carbocycles. The summed E-state index contributed by atoms with van der Waals surface area (Å²) in [5.41, 5.74) is 6.45. The van der Waals surface area contributed by atoms with E-state index in [0.29, 0.717) is 28.8 Å². The molecule has 0 aromatic heterocycles. The van der Waals surface area contributed by atoms with Gasteiger partial charge in [0.25, 0.3) is 0 Å². The van der Waals surface area contributed by atoms with Crippen molar-refractivity contribution in [3.8, 4) is 0 Å². The quantitative estimate of drug-likeness (QED) is 0.498. The summed E-state index contributed by atoms with van der Waals surface area (Å²) in [5, 5.41) is 0.446. The lowest BCUT2D eigenvalue weighted by molar-refractivity contribution is 0.0495. The summed E-state index contributed by atoms with van der Waals surface area (Å²) in [7, 11) is 0. The Balaban J connectivity index is 2.44. The molecule has 1 aromatic carbocycles. The zero-order chi connectivity index (χ0) is 12.8. The molecule has 0 bridgehead atoms. The minimum atomic E-state index is -0.350. The molecule has 0 saturated carbocycles. The predicted molar refractivity (Wildman–Crippen MR) is 70.2 cm³/mol. The molecule has 1 rings (SSSR count). The summed E-state index contributed by atoms with van der Waals surface area (Å²) in [6.45, 7) is 4.73. The van der Waals surface area contributed by atoms with Crippen molar-refractivity contribution in [2.24, 2.45) is 5.92 Å². The van der Waals surface area contributed by atoms with Crippen LogP contribution in [-0.4, -0.2) is 12.6 Å². The molecule has 2 N–H and O–H groups in total. The average Bonchev–Trinajstić information content (AvgIpc) is 2.27. The van der Waals surface area contributed by atoms with Gasteiger partial charge in [0, 0.05) is 0 Å². The number of anilines is 1. The molecule has 0 aliphatic heterocycles. The number of halogens is 1. The van der Waals surface area contributed by atoms with Crippen molar-refractivity contribution in [2.75, 3.05) is 12.3 Å². The Hall–Kier alpha value is -1.22. The molecule has 1 aromatic rings. The molecule has 0 spiro atoms. The van der Waals surface area contributed by atoms with E-state index in [9.17, 15) is 4.79 Å². The molecule has 4 heteroatoms. The van der Waals surface area contributed by atoms with E-state index in [4.69, 9.17) is 22.1 Å². The Bertz CT molecular complexity index is 391. The third-order valence-corrected chi connectivity index (χ3v) is 2.73. The lowest BCUT2D eigenvalue weighted by Gasteiger charge is -2.07. The monoisotopic (exact) mass is 255 g/mol. The first kappa shape index (κ1) is 13.8. The Morgan fingerprint density at radius 1 is 1.47 bits per heavy atom.